The zero-order chi connectivity index (χ0) is 19.9. The fourth-order valence-electron chi connectivity index (χ4n) is 3.05. The molecular weight excluding hydrogens is 372 g/mol. The molecular formula is C23H23ClN2O2. The van der Waals surface area contributed by atoms with Gasteiger partial charge in [-0.25, -0.2) is 0 Å². The Morgan fingerprint density at radius 2 is 1.68 bits per heavy atom. The predicted molar refractivity (Wildman–Crippen MR) is 114 cm³/mol. The second kappa shape index (κ2) is 9.40. The van der Waals surface area contributed by atoms with E-state index >= 15 is 0 Å². The molecule has 2 N–H and O–H groups in total. The smallest absolute Gasteiger partial charge is 0.246 e. The highest BCUT2D eigenvalue weighted by Gasteiger charge is 2.24. The van der Waals surface area contributed by atoms with Gasteiger partial charge in [-0.2, -0.15) is 0 Å². The van der Waals surface area contributed by atoms with Gasteiger partial charge in [0.1, 0.15) is 11.8 Å². The molecule has 28 heavy (non-hydrogen) atoms. The summed E-state index contributed by atoms with van der Waals surface area (Å²) in [5, 5.41) is 7.05. The van der Waals surface area contributed by atoms with Gasteiger partial charge in [0.25, 0.3) is 0 Å². The number of carbonyl (C=O) groups excluding carboxylic acids is 1. The Morgan fingerprint density at radius 1 is 0.964 bits per heavy atom. The maximum Gasteiger partial charge on any atom is 0.246 e. The Hall–Kier alpha value is -2.82. The molecule has 3 aromatic carbocycles. The molecule has 0 aliphatic carbocycles. The van der Waals surface area contributed by atoms with Crippen molar-refractivity contribution in [2.75, 3.05) is 12.4 Å². The van der Waals surface area contributed by atoms with Gasteiger partial charge in [-0.15, -0.1) is 0 Å². The fourth-order valence-corrected chi connectivity index (χ4v) is 3.35. The van der Waals surface area contributed by atoms with Crippen molar-refractivity contribution in [2.45, 2.75) is 19.0 Å². The normalized spacial score (nSPS) is 12.8. The maximum atomic E-state index is 13.1. The first kappa shape index (κ1) is 19.9. The Bertz CT molecular complexity index is 931. The van der Waals surface area contributed by atoms with E-state index in [1.54, 1.807) is 13.2 Å². The molecule has 0 heterocycles. The van der Waals surface area contributed by atoms with Crippen LogP contribution in [-0.2, 0) is 4.79 Å². The number of hydrogen-bond acceptors (Lipinski definition) is 3. The Morgan fingerprint density at radius 3 is 2.39 bits per heavy atom. The zero-order valence-electron chi connectivity index (χ0n) is 15.9. The van der Waals surface area contributed by atoms with Crippen LogP contribution in [0.4, 0.5) is 5.69 Å². The molecule has 144 valence electrons. The minimum atomic E-state index is -0.543. The van der Waals surface area contributed by atoms with E-state index in [9.17, 15) is 4.79 Å². The van der Waals surface area contributed by atoms with Crippen molar-refractivity contribution in [3.8, 4) is 5.75 Å². The number of nitrogens with one attached hydrogen (secondary N) is 2. The van der Waals surface area contributed by atoms with E-state index in [1.165, 1.54) is 0 Å². The van der Waals surface area contributed by atoms with E-state index in [0.29, 0.717) is 16.5 Å². The summed E-state index contributed by atoms with van der Waals surface area (Å²) in [6.07, 6.45) is 0. The minimum absolute atomic E-state index is 0.116. The van der Waals surface area contributed by atoms with Gasteiger partial charge in [-0.3, -0.25) is 10.1 Å². The van der Waals surface area contributed by atoms with Gasteiger partial charge in [0.15, 0.2) is 0 Å². The third kappa shape index (κ3) is 4.91. The summed E-state index contributed by atoms with van der Waals surface area (Å²) in [6.45, 7) is 2.00. The number of carbonyl (C=O) groups is 1. The summed E-state index contributed by atoms with van der Waals surface area (Å²) in [5.41, 5.74) is 2.50. The lowest BCUT2D eigenvalue weighted by Crippen LogP contribution is -2.34. The molecule has 0 aliphatic rings. The largest absolute Gasteiger partial charge is 0.497 e. The van der Waals surface area contributed by atoms with E-state index in [4.69, 9.17) is 16.3 Å². The quantitative estimate of drug-likeness (QED) is 0.565. The molecule has 3 rings (SSSR count). The Labute approximate surface area is 170 Å². The number of methoxy groups -OCH3 is 1. The van der Waals surface area contributed by atoms with Crippen molar-refractivity contribution >= 4 is 23.2 Å². The molecule has 0 bridgehead atoms. The van der Waals surface area contributed by atoms with Gasteiger partial charge in [0.05, 0.1) is 7.11 Å². The van der Waals surface area contributed by atoms with E-state index in [2.05, 4.69) is 10.6 Å². The van der Waals surface area contributed by atoms with Crippen molar-refractivity contribution in [3.05, 3.63) is 95.0 Å². The molecule has 2 unspecified atom stereocenters. The summed E-state index contributed by atoms with van der Waals surface area (Å²) in [4.78, 5) is 13.1. The van der Waals surface area contributed by atoms with Gasteiger partial charge < -0.3 is 10.1 Å². The van der Waals surface area contributed by atoms with Crippen LogP contribution < -0.4 is 15.4 Å². The molecule has 0 saturated heterocycles. The number of amides is 1. The first-order valence-electron chi connectivity index (χ1n) is 9.09. The molecule has 0 saturated carbocycles. The Kier molecular flexibility index (Phi) is 6.69. The number of rotatable bonds is 7. The van der Waals surface area contributed by atoms with Crippen molar-refractivity contribution in [2.24, 2.45) is 0 Å². The first-order chi connectivity index (χ1) is 13.6. The standard InChI is InChI=1S/C23H23ClN2O2/c1-16(20-13-6-7-14-21(20)24)25-22(17-9-4-3-5-10-17)23(27)26-18-11-8-12-19(15-18)28-2/h3-16,22,25H,1-2H3,(H,26,27). The third-order valence-electron chi connectivity index (χ3n) is 4.52. The van der Waals surface area contributed by atoms with E-state index in [1.807, 2.05) is 79.7 Å². The summed E-state index contributed by atoms with van der Waals surface area (Å²) >= 11 is 6.34. The minimum Gasteiger partial charge on any atom is -0.497 e. The lowest BCUT2D eigenvalue weighted by molar-refractivity contribution is -0.118. The van der Waals surface area contributed by atoms with Crippen LogP contribution in [0, 0.1) is 0 Å². The molecule has 0 aliphatic heterocycles. The van der Waals surface area contributed by atoms with Gasteiger partial charge in [0, 0.05) is 22.8 Å². The van der Waals surface area contributed by atoms with Crippen LogP contribution in [0.2, 0.25) is 5.02 Å². The van der Waals surface area contributed by atoms with E-state index < -0.39 is 6.04 Å². The van der Waals surface area contributed by atoms with Crippen LogP contribution in [0.3, 0.4) is 0 Å². The van der Waals surface area contributed by atoms with Crippen molar-refractivity contribution in [3.63, 3.8) is 0 Å². The van der Waals surface area contributed by atoms with Gasteiger partial charge in [-0.05, 0) is 36.2 Å². The summed E-state index contributed by atoms with van der Waals surface area (Å²) in [5.74, 6) is 0.532. The molecule has 0 aromatic heterocycles. The molecule has 0 spiro atoms. The summed E-state index contributed by atoms with van der Waals surface area (Å²) in [7, 11) is 1.60. The molecule has 0 radical (unpaired) electrons. The van der Waals surface area contributed by atoms with Gasteiger partial charge in [-0.1, -0.05) is 66.2 Å². The van der Waals surface area contributed by atoms with Crippen LogP contribution >= 0.6 is 11.6 Å². The summed E-state index contributed by atoms with van der Waals surface area (Å²) < 4.78 is 5.24. The van der Waals surface area contributed by atoms with E-state index in [-0.39, 0.29) is 11.9 Å². The topological polar surface area (TPSA) is 50.4 Å². The van der Waals surface area contributed by atoms with Crippen LogP contribution in [0.25, 0.3) is 0 Å². The molecule has 1 amide bonds. The maximum absolute atomic E-state index is 13.1. The molecule has 5 heteroatoms. The second-order valence-electron chi connectivity index (χ2n) is 6.47. The average Bonchev–Trinajstić information content (AvgIpc) is 2.73. The molecule has 3 aromatic rings. The van der Waals surface area contributed by atoms with Crippen molar-refractivity contribution < 1.29 is 9.53 Å². The van der Waals surface area contributed by atoms with Crippen molar-refractivity contribution in [1.29, 1.82) is 0 Å². The lowest BCUT2D eigenvalue weighted by Gasteiger charge is -2.24. The van der Waals surface area contributed by atoms with Crippen LogP contribution in [0.5, 0.6) is 5.75 Å². The first-order valence-corrected chi connectivity index (χ1v) is 9.46. The number of hydrogen-bond donors (Lipinski definition) is 2. The third-order valence-corrected chi connectivity index (χ3v) is 4.86. The number of halogens is 1. The zero-order valence-corrected chi connectivity index (χ0v) is 16.6. The lowest BCUT2D eigenvalue weighted by atomic mass is 10.0. The average molecular weight is 395 g/mol. The van der Waals surface area contributed by atoms with Crippen LogP contribution in [0.15, 0.2) is 78.9 Å². The highest BCUT2D eigenvalue weighted by molar-refractivity contribution is 6.31. The molecule has 2 atom stereocenters. The monoisotopic (exact) mass is 394 g/mol. The number of anilines is 1. The van der Waals surface area contributed by atoms with Gasteiger partial charge >= 0.3 is 0 Å². The van der Waals surface area contributed by atoms with E-state index in [0.717, 1.165) is 11.1 Å². The highest BCUT2D eigenvalue weighted by Crippen LogP contribution is 2.26. The predicted octanol–water partition coefficient (Wildman–Crippen LogP) is 5.38. The van der Waals surface area contributed by atoms with Gasteiger partial charge in [0.2, 0.25) is 5.91 Å². The summed E-state index contributed by atoms with van der Waals surface area (Å²) in [6, 6.07) is 23.9. The van der Waals surface area contributed by atoms with Crippen LogP contribution in [0.1, 0.15) is 30.1 Å². The number of ether oxygens (including phenoxy) is 1. The Balaban J connectivity index is 1.84. The highest BCUT2D eigenvalue weighted by atomic mass is 35.5. The molecule has 4 nitrogen and oxygen atoms in total. The second-order valence-corrected chi connectivity index (χ2v) is 6.88. The SMILES string of the molecule is COc1cccc(NC(=O)C(NC(C)c2ccccc2Cl)c2ccccc2)c1. The van der Waals surface area contributed by atoms with Crippen molar-refractivity contribution in [1.82, 2.24) is 5.32 Å². The van der Waals surface area contributed by atoms with Crippen LogP contribution in [-0.4, -0.2) is 13.0 Å². The fraction of sp³-hybridized carbons (Fsp3) is 0.174. The molecule has 0 fully saturated rings. The number of benzene rings is 3.